The minimum atomic E-state index is -0.396. The third kappa shape index (κ3) is 3.32. The van der Waals surface area contributed by atoms with Crippen molar-refractivity contribution >= 4 is 11.8 Å². The number of nitrogens with zero attached hydrogens (tertiary/aromatic N) is 2. The molecule has 2 heterocycles. The Hall–Kier alpha value is -1.10. The summed E-state index contributed by atoms with van der Waals surface area (Å²) < 4.78 is 0. The standard InChI is InChI=1S/C15H27N3O2/c1-5-17-7-6-11(8-17)9-18-10-12(19)16-13(14(18)20)15(2,3)4/h11,13H,5-10H2,1-4H3,(H,16,19). The van der Waals surface area contributed by atoms with Crippen LogP contribution in [0.2, 0.25) is 0 Å². The molecule has 1 N–H and O–H groups in total. The van der Waals surface area contributed by atoms with Gasteiger partial charge in [0.15, 0.2) is 0 Å². The van der Waals surface area contributed by atoms with Gasteiger partial charge in [-0.25, -0.2) is 0 Å². The number of hydrogen-bond acceptors (Lipinski definition) is 3. The van der Waals surface area contributed by atoms with Gasteiger partial charge < -0.3 is 15.1 Å². The number of nitrogens with one attached hydrogen (secondary N) is 1. The average Bonchev–Trinajstić information content (AvgIpc) is 2.79. The van der Waals surface area contributed by atoms with Crippen molar-refractivity contribution in [1.29, 1.82) is 0 Å². The van der Waals surface area contributed by atoms with Crippen molar-refractivity contribution in [3.05, 3.63) is 0 Å². The van der Waals surface area contributed by atoms with Gasteiger partial charge in [0.25, 0.3) is 0 Å². The number of rotatable bonds is 3. The van der Waals surface area contributed by atoms with Crippen LogP contribution in [0, 0.1) is 11.3 Å². The van der Waals surface area contributed by atoms with Crippen molar-refractivity contribution < 1.29 is 9.59 Å². The fraction of sp³-hybridized carbons (Fsp3) is 0.867. The van der Waals surface area contributed by atoms with Gasteiger partial charge in [0.2, 0.25) is 11.8 Å². The maximum atomic E-state index is 12.6. The van der Waals surface area contributed by atoms with Crippen LogP contribution in [-0.4, -0.2) is 60.4 Å². The van der Waals surface area contributed by atoms with Gasteiger partial charge >= 0.3 is 0 Å². The maximum Gasteiger partial charge on any atom is 0.246 e. The van der Waals surface area contributed by atoms with Crippen molar-refractivity contribution in [2.45, 2.75) is 40.2 Å². The first-order valence-electron chi connectivity index (χ1n) is 7.61. The maximum absolute atomic E-state index is 12.6. The van der Waals surface area contributed by atoms with E-state index >= 15 is 0 Å². The van der Waals surface area contributed by atoms with Crippen LogP contribution in [0.4, 0.5) is 0 Å². The minimum absolute atomic E-state index is 0.0325. The quantitative estimate of drug-likeness (QED) is 0.828. The number of carbonyl (C=O) groups is 2. The van der Waals surface area contributed by atoms with E-state index in [4.69, 9.17) is 0 Å². The number of hydrogen-bond donors (Lipinski definition) is 1. The Kier molecular flexibility index (Phi) is 4.37. The fourth-order valence-corrected chi connectivity index (χ4v) is 3.10. The lowest BCUT2D eigenvalue weighted by atomic mass is 9.84. The van der Waals surface area contributed by atoms with Gasteiger partial charge in [-0.3, -0.25) is 9.59 Å². The van der Waals surface area contributed by atoms with E-state index in [9.17, 15) is 9.59 Å². The average molecular weight is 281 g/mol. The van der Waals surface area contributed by atoms with Crippen molar-refractivity contribution in [2.24, 2.45) is 11.3 Å². The lowest BCUT2D eigenvalue weighted by molar-refractivity contribution is -0.147. The lowest BCUT2D eigenvalue weighted by Gasteiger charge is -2.39. The zero-order valence-electron chi connectivity index (χ0n) is 13.1. The van der Waals surface area contributed by atoms with Gasteiger partial charge in [0, 0.05) is 13.1 Å². The van der Waals surface area contributed by atoms with Gasteiger partial charge in [-0.05, 0) is 30.8 Å². The minimum Gasteiger partial charge on any atom is -0.342 e. The zero-order chi connectivity index (χ0) is 14.9. The summed E-state index contributed by atoms with van der Waals surface area (Å²) in [6.45, 7) is 12.3. The van der Waals surface area contributed by atoms with Crippen LogP contribution in [0.3, 0.4) is 0 Å². The summed E-state index contributed by atoms with van der Waals surface area (Å²) in [6.07, 6.45) is 1.12. The molecule has 2 unspecified atom stereocenters. The topological polar surface area (TPSA) is 52.6 Å². The smallest absolute Gasteiger partial charge is 0.246 e. The highest BCUT2D eigenvalue weighted by atomic mass is 16.2. The fourth-order valence-electron chi connectivity index (χ4n) is 3.10. The van der Waals surface area contributed by atoms with Gasteiger partial charge in [-0.1, -0.05) is 27.7 Å². The van der Waals surface area contributed by atoms with Crippen LogP contribution in [-0.2, 0) is 9.59 Å². The van der Waals surface area contributed by atoms with E-state index in [0.717, 1.165) is 32.6 Å². The van der Waals surface area contributed by atoms with Gasteiger partial charge in [0.05, 0.1) is 6.54 Å². The first-order valence-corrected chi connectivity index (χ1v) is 7.61. The summed E-state index contributed by atoms with van der Waals surface area (Å²) in [5, 5.41) is 2.84. The highest BCUT2D eigenvalue weighted by Crippen LogP contribution is 2.25. The summed E-state index contributed by atoms with van der Waals surface area (Å²) in [6, 6.07) is -0.396. The Morgan fingerprint density at radius 1 is 1.30 bits per heavy atom. The summed E-state index contributed by atoms with van der Waals surface area (Å²) in [5.74, 6) is 0.548. The highest BCUT2D eigenvalue weighted by molar-refractivity contribution is 5.95. The van der Waals surface area contributed by atoms with Crippen LogP contribution >= 0.6 is 0 Å². The molecule has 0 aliphatic carbocycles. The van der Waals surface area contributed by atoms with Gasteiger partial charge in [0.1, 0.15) is 6.04 Å². The molecule has 0 aromatic rings. The predicted octanol–water partition coefficient (Wildman–Crippen LogP) is 0.701. The molecule has 0 spiro atoms. The Morgan fingerprint density at radius 3 is 2.55 bits per heavy atom. The molecule has 2 aliphatic rings. The predicted molar refractivity (Wildman–Crippen MR) is 78.2 cm³/mol. The summed E-state index contributed by atoms with van der Waals surface area (Å²) in [5.41, 5.74) is -0.240. The molecule has 2 amide bonds. The first-order chi connectivity index (χ1) is 9.31. The van der Waals surface area contributed by atoms with Crippen molar-refractivity contribution in [1.82, 2.24) is 15.1 Å². The summed E-state index contributed by atoms with van der Waals surface area (Å²) >= 11 is 0. The number of amides is 2. The molecule has 0 aromatic heterocycles. The third-order valence-corrected chi connectivity index (χ3v) is 4.36. The molecule has 0 saturated carbocycles. The van der Waals surface area contributed by atoms with Crippen molar-refractivity contribution in [2.75, 3.05) is 32.7 Å². The first kappa shape index (κ1) is 15.3. The van der Waals surface area contributed by atoms with E-state index in [0.29, 0.717) is 5.92 Å². The second-order valence-corrected chi connectivity index (χ2v) is 7.13. The molecule has 2 fully saturated rings. The normalized spacial score (nSPS) is 28.9. The summed E-state index contributed by atoms with van der Waals surface area (Å²) in [4.78, 5) is 28.6. The molecule has 0 radical (unpaired) electrons. The van der Waals surface area contributed by atoms with E-state index in [1.54, 1.807) is 4.90 Å². The van der Waals surface area contributed by atoms with Crippen LogP contribution < -0.4 is 5.32 Å². The molecule has 2 rings (SSSR count). The third-order valence-electron chi connectivity index (χ3n) is 4.36. The molecule has 2 saturated heterocycles. The Balaban J connectivity index is 2.00. The number of likely N-dealkylation sites (tertiary alicyclic amines) is 1. The van der Waals surface area contributed by atoms with Crippen molar-refractivity contribution in [3.8, 4) is 0 Å². The SMILES string of the molecule is CCN1CCC(CN2CC(=O)NC(C(C)(C)C)C2=O)C1. The molecule has 114 valence electrons. The monoisotopic (exact) mass is 281 g/mol. The second-order valence-electron chi connectivity index (χ2n) is 7.13. The molecule has 2 aliphatic heterocycles. The van der Waals surface area contributed by atoms with E-state index in [1.807, 2.05) is 20.8 Å². The lowest BCUT2D eigenvalue weighted by Crippen LogP contribution is -2.62. The molecule has 5 nitrogen and oxygen atoms in total. The molecule has 20 heavy (non-hydrogen) atoms. The van der Waals surface area contributed by atoms with Crippen LogP contribution in [0.1, 0.15) is 34.1 Å². The van der Waals surface area contributed by atoms with Gasteiger partial charge in [-0.2, -0.15) is 0 Å². The van der Waals surface area contributed by atoms with Crippen molar-refractivity contribution in [3.63, 3.8) is 0 Å². The molecule has 0 bridgehead atoms. The van der Waals surface area contributed by atoms with Crippen LogP contribution in [0.25, 0.3) is 0 Å². The second kappa shape index (κ2) is 5.72. The number of piperazine rings is 1. The van der Waals surface area contributed by atoms with Gasteiger partial charge in [-0.15, -0.1) is 0 Å². The van der Waals surface area contributed by atoms with E-state index in [1.165, 1.54) is 0 Å². The molecular formula is C15H27N3O2. The largest absolute Gasteiger partial charge is 0.342 e. The molecule has 5 heteroatoms. The molecular weight excluding hydrogens is 254 g/mol. The van der Waals surface area contributed by atoms with E-state index in [2.05, 4.69) is 17.1 Å². The van der Waals surface area contributed by atoms with Crippen LogP contribution in [0.5, 0.6) is 0 Å². The van der Waals surface area contributed by atoms with E-state index in [-0.39, 0.29) is 23.8 Å². The zero-order valence-corrected chi connectivity index (χ0v) is 13.1. The highest BCUT2D eigenvalue weighted by Gasteiger charge is 2.40. The Labute approximate surface area is 121 Å². The molecule has 0 aromatic carbocycles. The molecule has 2 atom stereocenters. The summed E-state index contributed by atoms with van der Waals surface area (Å²) in [7, 11) is 0. The Morgan fingerprint density at radius 2 is 2.00 bits per heavy atom. The Bertz CT molecular complexity index is 389. The van der Waals surface area contributed by atoms with E-state index < -0.39 is 6.04 Å². The van der Waals surface area contributed by atoms with Crippen LogP contribution in [0.15, 0.2) is 0 Å². The number of carbonyl (C=O) groups excluding carboxylic acids is 2.